The van der Waals surface area contributed by atoms with Crippen LogP contribution in [0, 0.1) is 0 Å². The lowest BCUT2D eigenvalue weighted by Gasteiger charge is -2.05. The van der Waals surface area contributed by atoms with Crippen molar-refractivity contribution in [3.63, 3.8) is 0 Å². The smallest absolute Gasteiger partial charge is 0.335 e. The molecule has 0 radical (unpaired) electrons. The van der Waals surface area contributed by atoms with Crippen molar-refractivity contribution in [2.45, 2.75) is 26.2 Å². The summed E-state index contributed by atoms with van der Waals surface area (Å²) >= 11 is 1.69. The van der Waals surface area contributed by atoms with Crippen LogP contribution in [-0.2, 0) is 12.8 Å². The predicted molar refractivity (Wildman–Crippen MR) is 78.7 cm³/mol. The van der Waals surface area contributed by atoms with Gasteiger partial charge in [0, 0.05) is 11.8 Å². The summed E-state index contributed by atoms with van der Waals surface area (Å²) in [7, 11) is 0. The van der Waals surface area contributed by atoms with E-state index in [1.54, 1.807) is 35.6 Å². The molecule has 20 heavy (non-hydrogen) atoms. The molecule has 1 aromatic heterocycles. The number of nitrogens with zero attached hydrogens (tertiary/aromatic N) is 1. The summed E-state index contributed by atoms with van der Waals surface area (Å²) in [6.45, 7) is 2.69. The second-order valence-corrected chi connectivity index (χ2v) is 5.35. The molecule has 0 amide bonds. The van der Waals surface area contributed by atoms with Gasteiger partial charge in [-0.3, -0.25) is 0 Å². The van der Waals surface area contributed by atoms with Gasteiger partial charge in [0.25, 0.3) is 0 Å². The Bertz CT molecular complexity index is 563. The zero-order chi connectivity index (χ0) is 14.4. The van der Waals surface area contributed by atoms with Crippen LogP contribution < -0.4 is 4.74 Å². The summed E-state index contributed by atoms with van der Waals surface area (Å²) in [5, 5.41) is 12.0. The molecule has 0 aliphatic carbocycles. The fourth-order valence-electron chi connectivity index (χ4n) is 1.76. The maximum Gasteiger partial charge on any atom is 0.335 e. The molecule has 5 heteroatoms. The van der Waals surface area contributed by atoms with Crippen LogP contribution in [0.4, 0.5) is 0 Å². The predicted octanol–water partition coefficient (Wildman–Crippen LogP) is 3.42. The molecule has 2 aromatic rings. The Morgan fingerprint density at radius 2 is 2.05 bits per heavy atom. The van der Waals surface area contributed by atoms with Crippen LogP contribution in [0.3, 0.4) is 0 Å². The van der Waals surface area contributed by atoms with Crippen LogP contribution in [-0.4, -0.2) is 22.7 Å². The van der Waals surface area contributed by atoms with E-state index >= 15 is 0 Å². The van der Waals surface area contributed by atoms with Gasteiger partial charge in [-0.25, -0.2) is 9.78 Å². The monoisotopic (exact) mass is 291 g/mol. The molecule has 0 aliphatic rings. The summed E-state index contributed by atoms with van der Waals surface area (Å²) < 4.78 is 5.59. The van der Waals surface area contributed by atoms with E-state index in [1.807, 2.05) is 0 Å². The number of aromatic nitrogens is 1. The number of aromatic carboxylic acids is 1. The number of hydrogen-bond acceptors (Lipinski definition) is 4. The number of aryl methyl sites for hydroxylation is 1. The molecule has 1 aromatic carbocycles. The standard InChI is InChI=1S/C15H17NO3S/c1-2-3-14-16-12(10-20-14)8-9-19-13-6-4-11(5-7-13)15(17)18/h4-7,10H,2-3,8-9H2,1H3,(H,17,18). The van der Waals surface area contributed by atoms with Gasteiger partial charge in [-0.05, 0) is 37.1 Å². The fraction of sp³-hybridized carbons (Fsp3) is 0.333. The maximum absolute atomic E-state index is 10.7. The second kappa shape index (κ2) is 7.05. The number of rotatable bonds is 7. The average molecular weight is 291 g/mol. The molecule has 1 heterocycles. The van der Waals surface area contributed by atoms with Crippen molar-refractivity contribution in [2.24, 2.45) is 0 Å². The topological polar surface area (TPSA) is 59.4 Å². The summed E-state index contributed by atoms with van der Waals surface area (Å²) in [6, 6.07) is 6.43. The van der Waals surface area contributed by atoms with Crippen LogP contribution in [0.1, 0.15) is 34.4 Å². The molecule has 0 spiro atoms. The van der Waals surface area contributed by atoms with Crippen LogP contribution >= 0.6 is 11.3 Å². The Morgan fingerprint density at radius 1 is 1.30 bits per heavy atom. The van der Waals surface area contributed by atoms with Gasteiger partial charge >= 0.3 is 5.97 Å². The molecule has 0 saturated carbocycles. The molecular formula is C15H17NO3S. The first-order valence-electron chi connectivity index (χ1n) is 6.58. The lowest BCUT2D eigenvalue weighted by molar-refractivity contribution is 0.0697. The molecule has 0 fully saturated rings. The van der Waals surface area contributed by atoms with E-state index in [4.69, 9.17) is 9.84 Å². The molecular weight excluding hydrogens is 274 g/mol. The van der Waals surface area contributed by atoms with Crippen molar-refractivity contribution >= 4 is 17.3 Å². The molecule has 0 bridgehead atoms. The highest BCUT2D eigenvalue weighted by Gasteiger charge is 2.04. The molecule has 4 nitrogen and oxygen atoms in total. The third-order valence-corrected chi connectivity index (χ3v) is 3.75. The van der Waals surface area contributed by atoms with E-state index < -0.39 is 5.97 Å². The molecule has 0 saturated heterocycles. The van der Waals surface area contributed by atoms with Gasteiger partial charge in [-0.15, -0.1) is 11.3 Å². The summed E-state index contributed by atoms with van der Waals surface area (Å²) in [5.41, 5.74) is 1.32. The highest BCUT2D eigenvalue weighted by atomic mass is 32.1. The molecule has 1 N–H and O–H groups in total. The number of carboxylic acid groups (broad SMARTS) is 1. The minimum absolute atomic E-state index is 0.265. The number of carbonyl (C=O) groups is 1. The molecule has 0 aliphatic heterocycles. The van der Waals surface area contributed by atoms with Gasteiger partial charge in [-0.1, -0.05) is 6.92 Å². The van der Waals surface area contributed by atoms with Crippen molar-refractivity contribution < 1.29 is 14.6 Å². The van der Waals surface area contributed by atoms with Crippen molar-refractivity contribution in [3.8, 4) is 5.75 Å². The Kier molecular flexibility index (Phi) is 5.12. The highest BCUT2D eigenvalue weighted by Crippen LogP contribution is 2.15. The van der Waals surface area contributed by atoms with Gasteiger partial charge in [0.05, 0.1) is 22.9 Å². The van der Waals surface area contributed by atoms with E-state index in [9.17, 15) is 4.79 Å². The minimum Gasteiger partial charge on any atom is -0.493 e. The SMILES string of the molecule is CCCc1nc(CCOc2ccc(C(=O)O)cc2)cs1. The van der Waals surface area contributed by atoms with Crippen LogP contribution in [0.25, 0.3) is 0 Å². The van der Waals surface area contributed by atoms with Crippen LogP contribution in [0.2, 0.25) is 0 Å². The fourth-order valence-corrected chi connectivity index (χ4v) is 2.69. The largest absolute Gasteiger partial charge is 0.493 e. The van der Waals surface area contributed by atoms with Crippen molar-refractivity contribution in [3.05, 3.63) is 45.9 Å². The van der Waals surface area contributed by atoms with E-state index in [1.165, 1.54) is 5.01 Å². The average Bonchev–Trinajstić information content (AvgIpc) is 2.87. The lowest BCUT2D eigenvalue weighted by atomic mass is 10.2. The first-order valence-corrected chi connectivity index (χ1v) is 7.46. The van der Waals surface area contributed by atoms with E-state index in [-0.39, 0.29) is 5.56 Å². The molecule has 2 rings (SSSR count). The first kappa shape index (κ1) is 14.5. The highest BCUT2D eigenvalue weighted by molar-refractivity contribution is 7.09. The molecule has 0 unspecified atom stereocenters. The zero-order valence-corrected chi connectivity index (χ0v) is 12.2. The Morgan fingerprint density at radius 3 is 2.70 bits per heavy atom. The Labute approximate surface area is 122 Å². The van der Waals surface area contributed by atoms with Crippen molar-refractivity contribution in [2.75, 3.05) is 6.61 Å². The van der Waals surface area contributed by atoms with Gasteiger partial charge in [0.15, 0.2) is 0 Å². The minimum atomic E-state index is -0.928. The van der Waals surface area contributed by atoms with Crippen molar-refractivity contribution in [1.29, 1.82) is 0 Å². The summed E-state index contributed by atoms with van der Waals surface area (Å²) in [5.74, 6) is -0.249. The van der Waals surface area contributed by atoms with Gasteiger partial charge < -0.3 is 9.84 Å². The molecule has 0 atom stereocenters. The summed E-state index contributed by atoms with van der Waals surface area (Å²) in [6.07, 6.45) is 2.91. The number of thiazole rings is 1. The number of carboxylic acids is 1. The second-order valence-electron chi connectivity index (χ2n) is 4.41. The quantitative estimate of drug-likeness (QED) is 0.849. The lowest BCUT2D eigenvalue weighted by Crippen LogP contribution is -2.02. The van der Waals surface area contributed by atoms with Crippen LogP contribution in [0.5, 0.6) is 5.75 Å². The van der Waals surface area contributed by atoms with E-state index in [0.717, 1.165) is 25.0 Å². The van der Waals surface area contributed by atoms with Crippen molar-refractivity contribution in [1.82, 2.24) is 4.98 Å². The third-order valence-electron chi connectivity index (χ3n) is 2.79. The van der Waals surface area contributed by atoms with Gasteiger partial charge in [0.2, 0.25) is 0 Å². The van der Waals surface area contributed by atoms with E-state index in [0.29, 0.717) is 12.4 Å². The number of benzene rings is 1. The zero-order valence-electron chi connectivity index (χ0n) is 11.3. The van der Waals surface area contributed by atoms with E-state index in [2.05, 4.69) is 17.3 Å². The normalized spacial score (nSPS) is 10.4. The number of hydrogen-bond donors (Lipinski definition) is 1. The molecule has 106 valence electrons. The third kappa shape index (κ3) is 4.06. The van der Waals surface area contributed by atoms with Gasteiger partial charge in [-0.2, -0.15) is 0 Å². The summed E-state index contributed by atoms with van der Waals surface area (Å²) in [4.78, 5) is 15.2. The number of ether oxygens (including phenoxy) is 1. The van der Waals surface area contributed by atoms with Gasteiger partial charge in [0.1, 0.15) is 5.75 Å². The Balaban J connectivity index is 1.81. The Hall–Kier alpha value is -1.88. The maximum atomic E-state index is 10.7. The van der Waals surface area contributed by atoms with Crippen LogP contribution in [0.15, 0.2) is 29.6 Å². The first-order chi connectivity index (χ1) is 9.69.